The number of alkyl halides is 1. The van der Waals surface area contributed by atoms with Gasteiger partial charge in [-0.15, -0.1) is 22.9 Å². The first-order valence-corrected chi connectivity index (χ1v) is 5.87. The van der Waals surface area contributed by atoms with Crippen LogP contribution in [-0.4, -0.2) is 0 Å². The maximum atomic E-state index is 13.0. The zero-order valence-electron chi connectivity index (χ0n) is 7.81. The minimum absolute atomic E-state index is 0.178. The predicted octanol–water partition coefficient (Wildman–Crippen LogP) is 4.34. The van der Waals surface area contributed by atoms with Crippen molar-refractivity contribution in [3.8, 4) is 0 Å². The van der Waals surface area contributed by atoms with Crippen molar-refractivity contribution >= 4 is 33.0 Å². The Morgan fingerprint density at radius 1 is 1.43 bits per heavy atom. The lowest BCUT2D eigenvalue weighted by Crippen LogP contribution is -1.82. The summed E-state index contributed by atoms with van der Waals surface area (Å²) in [6, 6.07) is 4.93. The van der Waals surface area contributed by atoms with Crippen molar-refractivity contribution in [2.45, 2.75) is 19.2 Å². The summed E-state index contributed by atoms with van der Waals surface area (Å²) in [4.78, 5) is 1.16. The van der Waals surface area contributed by atoms with Crippen LogP contribution in [0.25, 0.3) is 10.1 Å². The van der Waals surface area contributed by atoms with E-state index < -0.39 is 0 Å². The van der Waals surface area contributed by atoms with Crippen molar-refractivity contribution in [3.63, 3.8) is 0 Å². The zero-order chi connectivity index (χ0) is 10.1. The van der Waals surface area contributed by atoms with Crippen molar-refractivity contribution < 1.29 is 4.39 Å². The van der Waals surface area contributed by atoms with E-state index in [-0.39, 0.29) is 5.82 Å². The van der Waals surface area contributed by atoms with E-state index in [1.165, 1.54) is 11.6 Å². The van der Waals surface area contributed by atoms with E-state index in [0.717, 1.165) is 21.4 Å². The van der Waals surface area contributed by atoms with Gasteiger partial charge in [0.1, 0.15) is 5.82 Å². The number of halogens is 2. The number of hydrogen-bond donors (Lipinski definition) is 0. The highest BCUT2D eigenvalue weighted by molar-refractivity contribution is 7.19. The number of thiophene rings is 1. The summed E-state index contributed by atoms with van der Waals surface area (Å²) in [6.07, 6.45) is 0.952. The molecule has 1 heterocycles. The summed E-state index contributed by atoms with van der Waals surface area (Å²) in [5, 5.41) is 1.15. The fourth-order valence-electron chi connectivity index (χ4n) is 1.67. The Morgan fingerprint density at radius 3 is 2.86 bits per heavy atom. The minimum atomic E-state index is -0.178. The van der Waals surface area contributed by atoms with E-state index in [1.54, 1.807) is 17.4 Å². The SMILES string of the molecule is CCc1c(CCl)sc2cc(F)ccc12. The van der Waals surface area contributed by atoms with Gasteiger partial charge in [-0.1, -0.05) is 13.0 Å². The van der Waals surface area contributed by atoms with Gasteiger partial charge < -0.3 is 0 Å². The first-order chi connectivity index (χ1) is 6.76. The first kappa shape index (κ1) is 9.94. The van der Waals surface area contributed by atoms with Crippen molar-refractivity contribution in [1.29, 1.82) is 0 Å². The van der Waals surface area contributed by atoms with Gasteiger partial charge in [0.15, 0.2) is 0 Å². The molecule has 1 aromatic heterocycles. The summed E-state index contributed by atoms with van der Waals surface area (Å²) in [5.74, 6) is 0.340. The molecule has 0 unspecified atom stereocenters. The molecule has 0 fully saturated rings. The predicted molar refractivity (Wildman–Crippen MR) is 60.7 cm³/mol. The number of benzene rings is 1. The average Bonchev–Trinajstić information content (AvgIpc) is 2.54. The molecule has 0 N–H and O–H groups in total. The molecule has 14 heavy (non-hydrogen) atoms. The second-order valence-electron chi connectivity index (χ2n) is 3.13. The average molecular weight is 229 g/mol. The van der Waals surface area contributed by atoms with E-state index in [4.69, 9.17) is 11.6 Å². The molecule has 0 aliphatic heterocycles. The molecule has 74 valence electrons. The summed E-state index contributed by atoms with van der Waals surface area (Å²) in [6.45, 7) is 2.10. The van der Waals surface area contributed by atoms with Gasteiger partial charge in [0.2, 0.25) is 0 Å². The summed E-state index contributed by atoms with van der Waals surface area (Å²) in [7, 11) is 0. The maximum Gasteiger partial charge on any atom is 0.124 e. The van der Waals surface area contributed by atoms with Crippen molar-refractivity contribution in [2.24, 2.45) is 0 Å². The molecule has 0 amide bonds. The fourth-order valence-corrected chi connectivity index (χ4v) is 3.17. The highest BCUT2D eigenvalue weighted by atomic mass is 35.5. The number of aryl methyl sites for hydroxylation is 1. The molecule has 3 heteroatoms. The van der Waals surface area contributed by atoms with Crippen LogP contribution >= 0.6 is 22.9 Å². The molecule has 0 spiro atoms. The molecule has 0 saturated carbocycles. The Morgan fingerprint density at radius 2 is 2.21 bits per heavy atom. The summed E-state index contributed by atoms with van der Waals surface area (Å²) in [5.41, 5.74) is 1.26. The number of hydrogen-bond acceptors (Lipinski definition) is 1. The second kappa shape index (κ2) is 3.87. The van der Waals surface area contributed by atoms with E-state index in [2.05, 4.69) is 6.92 Å². The van der Waals surface area contributed by atoms with Crippen LogP contribution in [0.15, 0.2) is 18.2 Å². The minimum Gasteiger partial charge on any atom is -0.207 e. The standard InChI is InChI=1S/C11H10ClFS/c1-2-8-9-4-3-7(13)5-10(9)14-11(8)6-12/h3-5H,2,6H2,1H3. The Labute approximate surface area is 91.3 Å². The topological polar surface area (TPSA) is 0 Å². The van der Waals surface area contributed by atoms with Crippen LogP contribution in [0.5, 0.6) is 0 Å². The van der Waals surface area contributed by atoms with E-state index >= 15 is 0 Å². The van der Waals surface area contributed by atoms with E-state index in [0.29, 0.717) is 5.88 Å². The molecule has 0 bridgehead atoms. The normalized spacial score (nSPS) is 11.1. The molecule has 0 aliphatic rings. The highest BCUT2D eigenvalue weighted by Gasteiger charge is 2.09. The van der Waals surface area contributed by atoms with Crippen LogP contribution in [0.1, 0.15) is 17.4 Å². The van der Waals surface area contributed by atoms with Crippen LogP contribution in [-0.2, 0) is 12.3 Å². The lowest BCUT2D eigenvalue weighted by molar-refractivity contribution is 0.630. The lowest BCUT2D eigenvalue weighted by atomic mass is 10.1. The fraction of sp³-hybridized carbons (Fsp3) is 0.273. The van der Waals surface area contributed by atoms with E-state index in [9.17, 15) is 4.39 Å². The number of rotatable bonds is 2. The zero-order valence-corrected chi connectivity index (χ0v) is 9.38. The quantitative estimate of drug-likeness (QED) is 0.671. The molecule has 2 rings (SSSR count). The van der Waals surface area contributed by atoms with Crippen molar-refractivity contribution in [2.75, 3.05) is 0 Å². The lowest BCUT2D eigenvalue weighted by Gasteiger charge is -1.96. The van der Waals surface area contributed by atoms with Gasteiger partial charge in [0.05, 0.1) is 5.88 Å². The third-order valence-corrected chi connectivity index (χ3v) is 3.93. The second-order valence-corrected chi connectivity index (χ2v) is 4.54. The largest absolute Gasteiger partial charge is 0.207 e. The molecule has 0 radical (unpaired) electrons. The van der Waals surface area contributed by atoms with Gasteiger partial charge >= 0.3 is 0 Å². The van der Waals surface area contributed by atoms with Crippen molar-refractivity contribution in [3.05, 3.63) is 34.5 Å². The Bertz CT molecular complexity index is 462. The van der Waals surface area contributed by atoms with Crippen LogP contribution in [0.4, 0.5) is 4.39 Å². The molecular weight excluding hydrogens is 219 g/mol. The van der Waals surface area contributed by atoms with Crippen molar-refractivity contribution in [1.82, 2.24) is 0 Å². The Hall–Kier alpha value is -0.600. The third-order valence-electron chi connectivity index (χ3n) is 2.31. The molecular formula is C11H10ClFS. The number of fused-ring (bicyclic) bond motifs is 1. The monoisotopic (exact) mass is 228 g/mol. The smallest absolute Gasteiger partial charge is 0.124 e. The van der Waals surface area contributed by atoms with Gasteiger partial charge in [-0.05, 0) is 29.5 Å². The molecule has 2 aromatic rings. The molecule has 0 nitrogen and oxygen atoms in total. The van der Waals surface area contributed by atoms with Gasteiger partial charge in [0.25, 0.3) is 0 Å². The maximum absolute atomic E-state index is 13.0. The highest BCUT2D eigenvalue weighted by Crippen LogP contribution is 2.33. The van der Waals surface area contributed by atoms with Gasteiger partial charge in [-0.25, -0.2) is 4.39 Å². The molecule has 1 aromatic carbocycles. The molecule has 0 aliphatic carbocycles. The van der Waals surface area contributed by atoms with Gasteiger partial charge in [-0.2, -0.15) is 0 Å². The van der Waals surface area contributed by atoms with Crippen LogP contribution < -0.4 is 0 Å². The van der Waals surface area contributed by atoms with Gasteiger partial charge in [0, 0.05) is 9.58 Å². The summed E-state index contributed by atoms with van der Waals surface area (Å²) < 4.78 is 14.0. The summed E-state index contributed by atoms with van der Waals surface area (Å²) >= 11 is 7.43. The Kier molecular flexibility index (Phi) is 2.75. The Balaban J connectivity index is 2.73. The molecule has 0 atom stereocenters. The van der Waals surface area contributed by atoms with Crippen LogP contribution in [0.3, 0.4) is 0 Å². The van der Waals surface area contributed by atoms with Crippen LogP contribution in [0.2, 0.25) is 0 Å². The van der Waals surface area contributed by atoms with Gasteiger partial charge in [-0.3, -0.25) is 0 Å². The molecule has 0 saturated heterocycles. The first-order valence-electron chi connectivity index (χ1n) is 4.52. The van der Waals surface area contributed by atoms with Crippen LogP contribution in [0, 0.1) is 5.82 Å². The third kappa shape index (κ3) is 1.53. The van der Waals surface area contributed by atoms with E-state index in [1.807, 2.05) is 6.07 Å².